The Morgan fingerprint density at radius 1 is 1.15 bits per heavy atom. The van der Waals surface area contributed by atoms with Crippen LogP contribution in [-0.2, 0) is 17.8 Å². The van der Waals surface area contributed by atoms with Crippen molar-refractivity contribution in [2.45, 2.75) is 19.9 Å². The molecule has 4 rings (SSSR count). The maximum Gasteiger partial charge on any atom is 0.420 e. The summed E-state index contributed by atoms with van der Waals surface area (Å²) in [5.41, 5.74) is 2.95. The molecule has 0 bridgehead atoms. The molecule has 0 unspecified atom stereocenters. The van der Waals surface area contributed by atoms with Gasteiger partial charge in [-0.2, -0.15) is 0 Å². The highest BCUT2D eigenvalue weighted by atomic mass is 32.1. The number of nitrogens with zero attached hydrogens (tertiary/aromatic N) is 2. The minimum atomic E-state index is -0.551. The number of nitrogens with one attached hydrogen (secondary N) is 1. The van der Waals surface area contributed by atoms with Crippen LogP contribution >= 0.6 is 11.3 Å². The summed E-state index contributed by atoms with van der Waals surface area (Å²) in [5, 5.41) is 3.33. The maximum absolute atomic E-state index is 12.5. The summed E-state index contributed by atoms with van der Waals surface area (Å²) < 4.78 is 6.48. The number of carbonyl (C=O) groups excluding carboxylic acids is 1. The smallest absolute Gasteiger partial charge is 0.408 e. The van der Waals surface area contributed by atoms with Crippen LogP contribution in [0.5, 0.6) is 0 Å². The Bertz CT molecular complexity index is 1160. The van der Waals surface area contributed by atoms with Gasteiger partial charge in [0.05, 0.1) is 11.2 Å². The lowest BCUT2D eigenvalue weighted by molar-refractivity contribution is -0.116. The van der Waals surface area contributed by atoms with Crippen LogP contribution in [-0.4, -0.2) is 15.5 Å². The van der Waals surface area contributed by atoms with Crippen molar-refractivity contribution in [1.82, 2.24) is 9.55 Å². The summed E-state index contributed by atoms with van der Waals surface area (Å²) in [6, 6.07) is 16.9. The van der Waals surface area contributed by atoms with E-state index in [1.165, 1.54) is 15.9 Å². The third kappa shape index (κ3) is 3.41. The van der Waals surface area contributed by atoms with E-state index in [-0.39, 0.29) is 12.5 Å². The van der Waals surface area contributed by atoms with Gasteiger partial charge in [-0.05, 0) is 18.6 Å². The van der Waals surface area contributed by atoms with E-state index in [2.05, 4.69) is 17.2 Å². The number of carbonyl (C=O) groups is 1. The van der Waals surface area contributed by atoms with Crippen LogP contribution in [0.4, 0.5) is 5.13 Å². The van der Waals surface area contributed by atoms with Crippen molar-refractivity contribution < 1.29 is 9.21 Å². The summed E-state index contributed by atoms with van der Waals surface area (Å²) in [6.45, 7) is 1.93. The van der Waals surface area contributed by atoms with Crippen LogP contribution in [0, 0.1) is 0 Å². The Kier molecular flexibility index (Phi) is 4.60. The van der Waals surface area contributed by atoms with E-state index in [9.17, 15) is 9.59 Å². The van der Waals surface area contributed by atoms with Crippen molar-refractivity contribution in [2.24, 2.45) is 0 Å². The number of para-hydroxylation sites is 2. The topological polar surface area (TPSA) is 77.1 Å². The zero-order valence-electron chi connectivity index (χ0n) is 14.6. The summed E-state index contributed by atoms with van der Waals surface area (Å²) in [6.07, 6.45) is 0.823. The number of fused-ring (bicyclic) bond motifs is 1. The van der Waals surface area contributed by atoms with Gasteiger partial charge >= 0.3 is 5.76 Å². The number of hydrogen-bond donors (Lipinski definition) is 1. The van der Waals surface area contributed by atoms with Crippen LogP contribution in [0.2, 0.25) is 0 Å². The number of anilines is 1. The monoisotopic (exact) mass is 379 g/mol. The lowest BCUT2D eigenvalue weighted by atomic mass is 10.1. The Morgan fingerprint density at radius 2 is 1.89 bits per heavy atom. The van der Waals surface area contributed by atoms with E-state index < -0.39 is 5.76 Å². The molecule has 2 aromatic carbocycles. The normalized spacial score (nSPS) is 11.0. The number of aryl methyl sites for hydroxylation is 1. The van der Waals surface area contributed by atoms with Gasteiger partial charge in [0, 0.05) is 10.4 Å². The highest BCUT2D eigenvalue weighted by molar-refractivity contribution is 7.16. The van der Waals surface area contributed by atoms with E-state index in [1.807, 2.05) is 30.3 Å². The van der Waals surface area contributed by atoms with Crippen LogP contribution < -0.4 is 11.1 Å². The molecule has 0 spiro atoms. The maximum atomic E-state index is 12.5. The molecule has 1 amide bonds. The first-order valence-corrected chi connectivity index (χ1v) is 9.40. The average Bonchev–Trinajstić information content (AvgIpc) is 3.23. The van der Waals surface area contributed by atoms with Crippen molar-refractivity contribution in [1.29, 1.82) is 0 Å². The highest BCUT2D eigenvalue weighted by Crippen LogP contribution is 2.31. The SMILES string of the molecule is CCc1sc(NC(=O)Cn2c(=O)oc3ccccc32)nc1-c1ccccc1. The van der Waals surface area contributed by atoms with E-state index in [0.29, 0.717) is 16.2 Å². The van der Waals surface area contributed by atoms with E-state index in [0.717, 1.165) is 22.6 Å². The molecule has 0 aliphatic carbocycles. The fraction of sp³-hybridized carbons (Fsp3) is 0.150. The zero-order valence-corrected chi connectivity index (χ0v) is 15.5. The second kappa shape index (κ2) is 7.20. The molecule has 2 aromatic heterocycles. The lowest BCUT2D eigenvalue weighted by Crippen LogP contribution is -2.24. The predicted octanol–water partition coefficient (Wildman–Crippen LogP) is 3.92. The van der Waals surface area contributed by atoms with Gasteiger partial charge in [-0.3, -0.25) is 9.36 Å². The van der Waals surface area contributed by atoms with E-state index in [4.69, 9.17) is 4.42 Å². The van der Waals surface area contributed by atoms with E-state index in [1.54, 1.807) is 24.3 Å². The molecule has 4 aromatic rings. The molecule has 1 N–H and O–H groups in total. The highest BCUT2D eigenvalue weighted by Gasteiger charge is 2.16. The fourth-order valence-corrected chi connectivity index (χ4v) is 3.87. The van der Waals surface area contributed by atoms with Crippen LogP contribution in [0.3, 0.4) is 0 Å². The molecule has 0 radical (unpaired) electrons. The number of thiazole rings is 1. The Hall–Kier alpha value is -3.19. The average molecular weight is 379 g/mol. The number of oxazole rings is 1. The summed E-state index contributed by atoms with van der Waals surface area (Å²) in [4.78, 5) is 30.2. The molecule has 27 heavy (non-hydrogen) atoms. The number of benzene rings is 2. The van der Waals surface area contributed by atoms with Crippen LogP contribution in [0.15, 0.2) is 63.8 Å². The van der Waals surface area contributed by atoms with Crippen molar-refractivity contribution in [3.05, 3.63) is 70.0 Å². The molecule has 0 saturated heterocycles. The van der Waals surface area contributed by atoms with Gasteiger partial charge in [0.2, 0.25) is 5.91 Å². The third-order valence-corrected chi connectivity index (χ3v) is 5.30. The fourth-order valence-electron chi connectivity index (χ4n) is 2.93. The largest absolute Gasteiger partial charge is 0.420 e. The first kappa shape index (κ1) is 17.2. The number of hydrogen-bond acceptors (Lipinski definition) is 5. The lowest BCUT2D eigenvalue weighted by Gasteiger charge is -2.02. The second-order valence-electron chi connectivity index (χ2n) is 5.98. The number of aromatic nitrogens is 2. The Morgan fingerprint density at radius 3 is 2.67 bits per heavy atom. The van der Waals surface area contributed by atoms with Crippen LogP contribution in [0.1, 0.15) is 11.8 Å². The van der Waals surface area contributed by atoms with Crippen molar-refractivity contribution in [3.63, 3.8) is 0 Å². The quantitative estimate of drug-likeness (QED) is 0.570. The molecule has 7 heteroatoms. The molecule has 0 aliphatic rings. The molecule has 0 aliphatic heterocycles. The van der Waals surface area contributed by atoms with Crippen molar-refractivity contribution >= 4 is 33.5 Å². The van der Waals surface area contributed by atoms with Crippen molar-refractivity contribution in [2.75, 3.05) is 5.32 Å². The van der Waals surface area contributed by atoms with Gasteiger partial charge in [-0.25, -0.2) is 9.78 Å². The van der Waals surface area contributed by atoms with Gasteiger partial charge < -0.3 is 9.73 Å². The Balaban J connectivity index is 1.57. The summed E-state index contributed by atoms with van der Waals surface area (Å²) >= 11 is 1.45. The van der Waals surface area contributed by atoms with Gasteiger partial charge in [0.1, 0.15) is 6.54 Å². The minimum Gasteiger partial charge on any atom is -0.408 e. The van der Waals surface area contributed by atoms with Crippen molar-refractivity contribution in [3.8, 4) is 11.3 Å². The third-order valence-electron chi connectivity index (χ3n) is 4.19. The molecule has 0 fully saturated rings. The Labute approximate surface area is 159 Å². The summed E-state index contributed by atoms with van der Waals surface area (Å²) in [7, 11) is 0. The predicted molar refractivity (Wildman–Crippen MR) is 106 cm³/mol. The second-order valence-corrected chi connectivity index (χ2v) is 7.06. The molecule has 0 saturated carbocycles. The van der Waals surface area contributed by atoms with Crippen LogP contribution in [0.25, 0.3) is 22.4 Å². The van der Waals surface area contributed by atoms with Gasteiger partial charge in [0.15, 0.2) is 10.7 Å². The molecule has 136 valence electrons. The number of amides is 1. The molecular weight excluding hydrogens is 362 g/mol. The minimum absolute atomic E-state index is 0.127. The first-order chi connectivity index (χ1) is 13.2. The van der Waals surface area contributed by atoms with E-state index >= 15 is 0 Å². The van der Waals surface area contributed by atoms with Gasteiger partial charge in [-0.15, -0.1) is 11.3 Å². The molecule has 0 atom stereocenters. The first-order valence-electron chi connectivity index (χ1n) is 8.59. The zero-order chi connectivity index (χ0) is 18.8. The van der Waals surface area contributed by atoms with Gasteiger partial charge in [0.25, 0.3) is 0 Å². The van der Waals surface area contributed by atoms with Gasteiger partial charge in [-0.1, -0.05) is 49.4 Å². The standard InChI is InChI=1S/C20H17N3O3S/c1-2-16-18(13-8-4-3-5-9-13)22-19(27-16)21-17(24)12-23-14-10-6-7-11-15(14)26-20(23)25/h3-11H,2,12H2,1H3,(H,21,22,24). The molecular formula is C20H17N3O3S. The summed E-state index contributed by atoms with van der Waals surface area (Å²) in [5.74, 6) is -0.871. The molecule has 2 heterocycles. The molecule has 6 nitrogen and oxygen atoms in total. The number of rotatable bonds is 5.